The second-order valence-electron chi connectivity index (χ2n) is 5.58. The molecule has 1 fully saturated rings. The topological polar surface area (TPSA) is 87.7 Å². The summed E-state index contributed by atoms with van der Waals surface area (Å²) in [7, 11) is 1.61. The van der Waals surface area contributed by atoms with Crippen molar-refractivity contribution in [3.8, 4) is 5.75 Å². The summed E-state index contributed by atoms with van der Waals surface area (Å²) >= 11 is 0. The third-order valence-corrected chi connectivity index (χ3v) is 4.00. The van der Waals surface area contributed by atoms with Gasteiger partial charge in [-0.2, -0.15) is 0 Å². The van der Waals surface area contributed by atoms with E-state index in [-0.39, 0.29) is 5.91 Å². The fourth-order valence-corrected chi connectivity index (χ4v) is 2.56. The van der Waals surface area contributed by atoms with E-state index in [1.165, 1.54) is 6.33 Å². The quantitative estimate of drug-likeness (QED) is 0.821. The summed E-state index contributed by atoms with van der Waals surface area (Å²) in [6.45, 7) is 2.08. The van der Waals surface area contributed by atoms with Gasteiger partial charge in [0.05, 0.1) is 7.11 Å². The normalized spacial score (nSPS) is 14.1. The van der Waals surface area contributed by atoms with Crippen LogP contribution in [0.4, 0.5) is 11.5 Å². The first kappa shape index (κ1) is 16.7. The average molecular weight is 341 g/mol. The smallest absolute Gasteiger partial charge is 0.272 e. The van der Waals surface area contributed by atoms with Crippen molar-refractivity contribution in [2.45, 2.75) is 0 Å². The summed E-state index contributed by atoms with van der Waals surface area (Å²) in [6.07, 6.45) is 2.17. The van der Waals surface area contributed by atoms with Crippen molar-refractivity contribution >= 4 is 23.8 Å². The lowest BCUT2D eigenvalue weighted by Gasteiger charge is -2.32. The van der Waals surface area contributed by atoms with Crippen molar-refractivity contribution in [2.24, 2.45) is 0 Å². The molecule has 0 spiro atoms. The number of amides is 2. The van der Waals surface area contributed by atoms with Crippen molar-refractivity contribution in [3.63, 3.8) is 0 Å². The molecule has 0 aliphatic carbocycles. The fraction of sp³-hybridized carbons (Fsp3) is 0.294. The van der Waals surface area contributed by atoms with E-state index >= 15 is 0 Å². The molecule has 1 aromatic heterocycles. The Labute approximate surface area is 145 Å². The van der Waals surface area contributed by atoms with E-state index in [0.717, 1.165) is 17.8 Å². The third kappa shape index (κ3) is 4.03. The van der Waals surface area contributed by atoms with Gasteiger partial charge in [-0.25, -0.2) is 9.97 Å². The Bertz CT molecular complexity index is 742. The van der Waals surface area contributed by atoms with E-state index in [2.05, 4.69) is 15.3 Å². The SMILES string of the molecule is COc1ccc(Nc2cc(C(=O)N3CCN(C=O)CC3)ncn2)cc1. The second kappa shape index (κ2) is 7.61. The predicted octanol–water partition coefficient (Wildman–Crippen LogP) is 1.14. The van der Waals surface area contributed by atoms with E-state index in [1.54, 1.807) is 23.0 Å². The lowest BCUT2D eigenvalue weighted by molar-refractivity contribution is -0.119. The molecule has 8 nitrogen and oxygen atoms in total. The first-order valence-electron chi connectivity index (χ1n) is 7.91. The summed E-state index contributed by atoms with van der Waals surface area (Å²) in [5.41, 5.74) is 1.16. The number of nitrogens with zero attached hydrogens (tertiary/aromatic N) is 4. The zero-order valence-electron chi connectivity index (χ0n) is 13.9. The number of rotatable bonds is 5. The van der Waals surface area contributed by atoms with Crippen molar-refractivity contribution in [3.05, 3.63) is 42.4 Å². The molecule has 0 bridgehead atoms. The van der Waals surface area contributed by atoms with Crippen LogP contribution < -0.4 is 10.1 Å². The van der Waals surface area contributed by atoms with Gasteiger partial charge in [-0.15, -0.1) is 0 Å². The maximum Gasteiger partial charge on any atom is 0.272 e. The van der Waals surface area contributed by atoms with Crippen LogP contribution in [-0.2, 0) is 4.79 Å². The largest absolute Gasteiger partial charge is 0.497 e. The number of benzene rings is 1. The van der Waals surface area contributed by atoms with Gasteiger partial charge in [0.1, 0.15) is 23.6 Å². The lowest BCUT2D eigenvalue weighted by Crippen LogP contribution is -2.48. The van der Waals surface area contributed by atoms with Crippen LogP contribution >= 0.6 is 0 Å². The summed E-state index contributed by atoms with van der Waals surface area (Å²) in [5.74, 6) is 1.14. The van der Waals surface area contributed by atoms with Crippen LogP contribution in [0.2, 0.25) is 0 Å². The summed E-state index contributed by atoms with van der Waals surface area (Å²) in [5, 5.41) is 3.14. The number of ether oxygens (including phenoxy) is 1. The lowest BCUT2D eigenvalue weighted by atomic mass is 10.2. The number of methoxy groups -OCH3 is 1. The Morgan fingerprint density at radius 2 is 1.88 bits per heavy atom. The second-order valence-corrected chi connectivity index (χ2v) is 5.58. The van der Waals surface area contributed by atoms with Crippen LogP contribution in [0.5, 0.6) is 5.75 Å². The number of carbonyl (C=O) groups is 2. The highest BCUT2D eigenvalue weighted by molar-refractivity contribution is 5.93. The zero-order chi connectivity index (χ0) is 17.6. The van der Waals surface area contributed by atoms with Crippen LogP contribution in [0.1, 0.15) is 10.5 Å². The standard InChI is InChI=1S/C17H19N5O3/c1-25-14-4-2-13(3-5-14)20-16-10-15(18-11-19-16)17(24)22-8-6-21(12-23)7-9-22/h2-5,10-12H,6-9H2,1H3,(H,18,19,20). The van der Waals surface area contributed by atoms with Gasteiger partial charge in [-0.3, -0.25) is 9.59 Å². The van der Waals surface area contributed by atoms with Crippen LogP contribution in [0.25, 0.3) is 0 Å². The van der Waals surface area contributed by atoms with Crippen LogP contribution in [0.15, 0.2) is 36.7 Å². The molecule has 2 aromatic rings. The van der Waals surface area contributed by atoms with E-state index in [4.69, 9.17) is 4.74 Å². The van der Waals surface area contributed by atoms with Crippen molar-refractivity contribution in [2.75, 3.05) is 38.6 Å². The summed E-state index contributed by atoms with van der Waals surface area (Å²) in [6, 6.07) is 9.02. The van der Waals surface area contributed by atoms with Crippen molar-refractivity contribution < 1.29 is 14.3 Å². The van der Waals surface area contributed by atoms with E-state index in [0.29, 0.717) is 37.7 Å². The minimum absolute atomic E-state index is 0.161. The molecule has 0 atom stereocenters. The molecule has 1 aromatic carbocycles. The molecule has 25 heavy (non-hydrogen) atoms. The van der Waals surface area contributed by atoms with Crippen LogP contribution in [0.3, 0.4) is 0 Å². The molecular weight excluding hydrogens is 322 g/mol. The molecule has 8 heteroatoms. The monoisotopic (exact) mass is 341 g/mol. The molecule has 0 unspecified atom stereocenters. The molecule has 2 heterocycles. The summed E-state index contributed by atoms with van der Waals surface area (Å²) < 4.78 is 5.12. The fourth-order valence-electron chi connectivity index (χ4n) is 2.56. The molecule has 3 rings (SSSR count). The molecule has 1 aliphatic heterocycles. The molecule has 130 valence electrons. The minimum atomic E-state index is -0.161. The maximum absolute atomic E-state index is 12.6. The number of aromatic nitrogens is 2. The molecule has 0 radical (unpaired) electrons. The van der Waals surface area contributed by atoms with Gasteiger partial charge in [0.25, 0.3) is 5.91 Å². The van der Waals surface area contributed by atoms with E-state index in [9.17, 15) is 9.59 Å². The Morgan fingerprint density at radius 3 is 2.52 bits per heavy atom. The van der Waals surface area contributed by atoms with Crippen molar-refractivity contribution in [1.82, 2.24) is 19.8 Å². The van der Waals surface area contributed by atoms with Crippen LogP contribution in [0, 0.1) is 0 Å². The molecule has 0 saturated carbocycles. The number of anilines is 2. The molecule has 1 saturated heterocycles. The van der Waals surface area contributed by atoms with Gasteiger partial charge in [0.15, 0.2) is 0 Å². The van der Waals surface area contributed by atoms with E-state index < -0.39 is 0 Å². The van der Waals surface area contributed by atoms with E-state index in [1.807, 2.05) is 24.3 Å². The van der Waals surface area contributed by atoms with Gasteiger partial charge < -0.3 is 19.9 Å². The van der Waals surface area contributed by atoms with Gasteiger partial charge in [-0.05, 0) is 24.3 Å². The molecule has 2 amide bonds. The molecule has 1 N–H and O–H groups in total. The highest BCUT2D eigenvalue weighted by Gasteiger charge is 2.22. The Kier molecular flexibility index (Phi) is 5.08. The van der Waals surface area contributed by atoms with Crippen molar-refractivity contribution in [1.29, 1.82) is 0 Å². The first-order valence-corrected chi connectivity index (χ1v) is 7.91. The Balaban J connectivity index is 1.68. The Morgan fingerprint density at radius 1 is 1.16 bits per heavy atom. The van der Waals surface area contributed by atoms with Gasteiger partial charge >= 0.3 is 0 Å². The predicted molar refractivity (Wildman–Crippen MR) is 91.8 cm³/mol. The highest BCUT2D eigenvalue weighted by atomic mass is 16.5. The molecule has 1 aliphatic rings. The van der Waals surface area contributed by atoms with Gasteiger partial charge in [0.2, 0.25) is 6.41 Å². The zero-order valence-corrected chi connectivity index (χ0v) is 13.9. The number of nitrogens with one attached hydrogen (secondary N) is 1. The highest BCUT2D eigenvalue weighted by Crippen LogP contribution is 2.19. The summed E-state index contributed by atoms with van der Waals surface area (Å²) in [4.78, 5) is 34.9. The number of hydrogen-bond acceptors (Lipinski definition) is 6. The number of hydrogen-bond donors (Lipinski definition) is 1. The van der Waals surface area contributed by atoms with Crippen LogP contribution in [-0.4, -0.2) is 65.4 Å². The number of piperazine rings is 1. The van der Waals surface area contributed by atoms with Gasteiger partial charge in [-0.1, -0.05) is 0 Å². The first-order chi connectivity index (χ1) is 12.2. The number of carbonyl (C=O) groups excluding carboxylic acids is 2. The Hall–Kier alpha value is -3.16. The maximum atomic E-state index is 12.6. The van der Waals surface area contributed by atoms with Gasteiger partial charge in [0, 0.05) is 37.9 Å². The molecular formula is C17H19N5O3. The third-order valence-electron chi connectivity index (χ3n) is 4.00. The minimum Gasteiger partial charge on any atom is -0.497 e. The average Bonchev–Trinajstić information content (AvgIpc) is 2.68.